The number of aryl methyl sites for hydroxylation is 1. The van der Waals surface area contributed by atoms with Gasteiger partial charge in [-0.05, 0) is 51.0 Å². The Bertz CT molecular complexity index is 585. The first-order chi connectivity index (χ1) is 12.5. The lowest BCUT2D eigenvalue weighted by atomic mass is 9.89. The van der Waals surface area contributed by atoms with Crippen LogP contribution in [0.15, 0.2) is 24.3 Å². The molecule has 0 spiro atoms. The molecule has 2 fully saturated rings. The Kier molecular flexibility index (Phi) is 6.36. The number of ether oxygens (including phenoxy) is 1. The molecule has 1 amide bonds. The maximum Gasteiger partial charge on any atom is 0.223 e. The number of hydrogen-bond acceptors (Lipinski definition) is 3. The lowest BCUT2D eigenvalue weighted by Crippen LogP contribution is -2.58. The molecule has 0 aromatic heterocycles. The smallest absolute Gasteiger partial charge is 0.223 e. The topological polar surface area (TPSA) is 32.8 Å². The van der Waals surface area contributed by atoms with E-state index in [9.17, 15) is 4.79 Å². The second-order valence-corrected chi connectivity index (χ2v) is 8.29. The highest BCUT2D eigenvalue weighted by Crippen LogP contribution is 2.44. The molecular formula is C22H34N2O2. The third-order valence-corrected chi connectivity index (χ3v) is 6.10. The summed E-state index contributed by atoms with van der Waals surface area (Å²) in [5, 5.41) is 0. The van der Waals surface area contributed by atoms with Crippen molar-refractivity contribution in [3.8, 4) is 0 Å². The summed E-state index contributed by atoms with van der Waals surface area (Å²) in [7, 11) is 1.75. The van der Waals surface area contributed by atoms with Crippen molar-refractivity contribution in [3.63, 3.8) is 0 Å². The Morgan fingerprint density at radius 2 is 1.77 bits per heavy atom. The second kappa shape index (κ2) is 8.53. The highest BCUT2D eigenvalue weighted by atomic mass is 16.5. The third-order valence-electron chi connectivity index (χ3n) is 6.10. The van der Waals surface area contributed by atoms with E-state index in [4.69, 9.17) is 4.74 Å². The average molecular weight is 359 g/mol. The number of rotatable bonds is 7. The molecule has 4 heteroatoms. The predicted octanol–water partition coefficient (Wildman–Crippen LogP) is 3.45. The van der Waals surface area contributed by atoms with Gasteiger partial charge >= 0.3 is 0 Å². The van der Waals surface area contributed by atoms with Crippen molar-refractivity contribution in [1.29, 1.82) is 0 Å². The van der Waals surface area contributed by atoms with Crippen LogP contribution >= 0.6 is 0 Å². The van der Waals surface area contributed by atoms with Gasteiger partial charge in [0.05, 0.1) is 6.61 Å². The minimum absolute atomic E-state index is 0.326. The predicted molar refractivity (Wildman–Crippen MR) is 105 cm³/mol. The van der Waals surface area contributed by atoms with Crippen LogP contribution in [0.4, 0.5) is 0 Å². The van der Waals surface area contributed by atoms with Crippen LogP contribution < -0.4 is 0 Å². The fourth-order valence-corrected chi connectivity index (χ4v) is 4.38. The molecular weight excluding hydrogens is 324 g/mol. The molecule has 3 rings (SSSR count). The van der Waals surface area contributed by atoms with Crippen LogP contribution in [0.2, 0.25) is 0 Å². The fourth-order valence-electron chi connectivity index (χ4n) is 4.38. The van der Waals surface area contributed by atoms with Crippen LogP contribution in [-0.4, -0.2) is 61.1 Å². The second-order valence-electron chi connectivity index (χ2n) is 8.29. The molecule has 1 saturated carbocycles. The van der Waals surface area contributed by atoms with Crippen molar-refractivity contribution in [1.82, 2.24) is 9.80 Å². The molecule has 144 valence electrons. The Hall–Kier alpha value is -1.39. The highest BCUT2D eigenvalue weighted by Gasteiger charge is 2.37. The number of benzene rings is 1. The van der Waals surface area contributed by atoms with E-state index in [0.717, 1.165) is 26.2 Å². The summed E-state index contributed by atoms with van der Waals surface area (Å²) >= 11 is 0. The van der Waals surface area contributed by atoms with E-state index >= 15 is 0 Å². The van der Waals surface area contributed by atoms with E-state index in [-0.39, 0.29) is 0 Å². The van der Waals surface area contributed by atoms with Crippen molar-refractivity contribution in [2.75, 3.05) is 33.4 Å². The highest BCUT2D eigenvalue weighted by molar-refractivity contribution is 5.77. The summed E-state index contributed by atoms with van der Waals surface area (Å²) in [6.45, 7) is 9.92. The molecule has 1 aliphatic carbocycles. The molecule has 1 heterocycles. The number of methoxy groups -OCH3 is 1. The molecule has 3 atom stereocenters. The van der Waals surface area contributed by atoms with Crippen LogP contribution in [0.5, 0.6) is 0 Å². The number of carbonyl (C=O) groups is 1. The van der Waals surface area contributed by atoms with Gasteiger partial charge in [-0.1, -0.05) is 29.8 Å². The Morgan fingerprint density at radius 1 is 1.15 bits per heavy atom. The minimum Gasteiger partial charge on any atom is -0.383 e. The number of carbonyl (C=O) groups excluding carboxylic acids is 1. The van der Waals surface area contributed by atoms with Crippen molar-refractivity contribution < 1.29 is 9.53 Å². The number of amides is 1. The number of nitrogens with zero attached hydrogens (tertiary/aromatic N) is 2. The molecule has 1 aliphatic heterocycles. The molecule has 26 heavy (non-hydrogen) atoms. The molecule has 3 unspecified atom stereocenters. The summed E-state index contributed by atoms with van der Waals surface area (Å²) in [6.07, 6.45) is 3.19. The zero-order valence-corrected chi connectivity index (χ0v) is 16.8. The molecule has 4 nitrogen and oxygen atoms in total. The third kappa shape index (κ3) is 4.66. The van der Waals surface area contributed by atoms with E-state index < -0.39 is 0 Å². The van der Waals surface area contributed by atoms with E-state index in [2.05, 4.69) is 54.8 Å². The zero-order chi connectivity index (χ0) is 18.7. The van der Waals surface area contributed by atoms with Crippen LogP contribution in [-0.2, 0) is 9.53 Å². The van der Waals surface area contributed by atoms with Crippen molar-refractivity contribution in [2.24, 2.45) is 5.92 Å². The van der Waals surface area contributed by atoms with Crippen molar-refractivity contribution in [3.05, 3.63) is 35.4 Å². The van der Waals surface area contributed by atoms with Gasteiger partial charge in [0.15, 0.2) is 0 Å². The largest absolute Gasteiger partial charge is 0.383 e. The van der Waals surface area contributed by atoms with Crippen molar-refractivity contribution >= 4 is 5.91 Å². The molecule has 1 aromatic rings. The van der Waals surface area contributed by atoms with E-state index in [1.54, 1.807) is 7.11 Å². The van der Waals surface area contributed by atoms with Crippen LogP contribution in [0, 0.1) is 12.8 Å². The van der Waals surface area contributed by atoms with E-state index in [1.165, 1.54) is 24.0 Å². The van der Waals surface area contributed by atoms with Gasteiger partial charge in [-0.2, -0.15) is 0 Å². The fraction of sp³-hybridized carbons (Fsp3) is 0.682. The summed E-state index contributed by atoms with van der Waals surface area (Å²) in [5.74, 6) is 1.41. The average Bonchev–Trinajstić information content (AvgIpc) is 3.44. The van der Waals surface area contributed by atoms with Crippen molar-refractivity contribution in [2.45, 2.75) is 58.0 Å². The van der Waals surface area contributed by atoms with Gasteiger partial charge in [0.1, 0.15) is 0 Å². The zero-order valence-electron chi connectivity index (χ0n) is 16.8. The molecule has 0 N–H and O–H groups in total. The van der Waals surface area contributed by atoms with Gasteiger partial charge in [-0.15, -0.1) is 0 Å². The lowest BCUT2D eigenvalue weighted by molar-refractivity contribution is -0.136. The maximum absolute atomic E-state index is 13.1. The summed E-state index contributed by atoms with van der Waals surface area (Å²) in [6, 6.07) is 9.56. The quantitative estimate of drug-likeness (QED) is 0.748. The maximum atomic E-state index is 13.1. The first kappa shape index (κ1) is 19.4. The van der Waals surface area contributed by atoms with Gasteiger partial charge in [-0.3, -0.25) is 9.69 Å². The monoisotopic (exact) mass is 358 g/mol. The summed E-state index contributed by atoms with van der Waals surface area (Å²) in [5.41, 5.74) is 2.62. The van der Waals surface area contributed by atoms with Gasteiger partial charge in [0.2, 0.25) is 5.91 Å². The molecule has 1 saturated heterocycles. The SMILES string of the molecule is COCCN1C(C)CN(C(=O)CC(c2ccc(C)cc2)C2CC2)CC1C. The normalized spacial score (nSPS) is 25.3. The molecule has 0 bridgehead atoms. The van der Waals surface area contributed by atoms with Gasteiger partial charge in [0, 0.05) is 45.2 Å². The van der Waals surface area contributed by atoms with Crippen LogP contribution in [0.3, 0.4) is 0 Å². The molecule has 2 aliphatic rings. The van der Waals surface area contributed by atoms with Crippen LogP contribution in [0.25, 0.3) is 0 Å². The first-order valence-corrected chi connectivity index (χ1v) is 10.1. The Morgan fingerprint density at radius 3 is 2.31 bits per heavy atom. The first-order valence-electron chi connectivity index (χ1n) is 10.1. The van der Waals surface area contributed by atoms with E-state index in [1.807, 2.05) is 0 Å². The summed E-state index contributed by atoms with van der Waals surface area (Å²) < 4.78 is 5.24. The van der Waals surface area contributed by atoms with Gasteiger partial charge in [-0.25, -0.2) is 0 Å². The van der Waals surface area contributed by atoms with Gasteiger partial charge in [0.25, 0.3) is 0 Å². The van der Waals surface area contributed by atoms with Gasteiger partial charge < -0.3 is 9.64 Å². The molecule has 1 aromatic carbocycles. The Labute approximate surface area is 158 Å². The standard InChI is InChI=1S/C22H34N2O2/c1-16-5-7-19(8-6-16)21(20-9-10-20)13-22(25)23-14-17(2)24(11-12-26-4)18(3)15-23/h5-8,17-18,20-21H,9-15H2,1-4H3. The molecule has 0 radical (unpaired) electrons. The number of hydrogen-bond donors (Lipinski definition) is 0. The number of piperazine rings is 1. The van der Waals surface area contributed by atoms with E-state index in [0.29, 0.717) is 36.2 Å². The summed E-state index contributed by atoms with van der Waals surface area (Å²) in [4.78, 5) is 17.6. The minimum atomic E-state index is 0.326. The van der Waals surface area contributed by atoms with Crippen LogP contribution in [0.1, 0.15) is 50.2 Å². The lowest BCUT2D eigenvalue weighted by Gasteiger charge is -2.44. The Balaban J connectivity index is 1.62.